The average molecular weight is 229 g/mol. The Balaban J connectivity index is 3.10. The highest BCUT2D eigenvalue weighted by Crippen LogP contribution is 2.32. The van der Waals surface area contributed by atoms with Gasteiger partial charge in [0, 0.05) is 24.3 Å². The maximum Gasteiger partial charge on any atom is 0.163 e. The molecule has 0 fully saturated rings. The maximum atomic E-state index is 13.6. The van der Waals surface area contributed by atoms with Crippen LogP contribution in [0, 0.1) is 5.82 Å². The van der Waals surface area contributed by atoms with Crippen LogP contribution in [0.3, 0.4) is 0 Å². The summed E-state index contributed by atoms with van der Waals surface area (Å²) in [6.07, 6.45) is 0.298. The van der Waals surface area contributed by atoms with E-state index in [1.807, 2.05) is 0 Å². The van der Waals surface area contributed by atoms with Gasteiger partial charge in [-0.3, -0.25) is 0 Å². The van der Waals surface area contributed by atoms with Crippen molar-refractivity contribution in [2.24, 2.45) is 5.73 Å². The summed E-state index contributed by atoms with van der Waals surface area (Å²) in [5.41, 5.74) is 6.04. The average Bonchev–Trinajstić information content (AvgIpc) is 2.28. The Bertz CT molecular complexity index is 357. The summed E-state index contributed by atoms with van der Waals surface area (Å²) in [6.45, 7) is -0.0883. The highest BCUT2D eigenvalue weighted by atomic mass is 19.1. The lowest BCUT2D eigenvalue weighted by Crippen LogP contribution is -2.14. The largest absolute Gasteiger partial charge is 0.493 e. The minimum absolute atomic E-state index is 0.0883. The monoisotopic (exact) mass is 229 g/mol. The number of halogens is 1. The molecule has 90 valence electrons. The van der Waals surface area contributed by atoms with Gasteiger partial charge in [0.15, 0.2) is 11.5 Å². The lowest BCUT2D eigenvalue weighted by atomic mass is 10.0. The van der Waals surface area contributed by atoms with E-state index in [1.54, 1.807) is 0 Å². The Morgan fingerprint density at radius 2 is 1.88 bits per heavy atom. The van der Waals surface area contributed by atoms with Crippen LogP contribution in [0.4, 0.5) is 4.39 Å². The summed E-state index contributed by atoms with van der Waals surface area (Å²) in [5.74, 6) is 0.283. The van der Waals surface area contributed by atoms with Gasteiger partial charge in [-0.1, -0.05) is 0 Å². The molecule has 1 rings (SSSR count). The zero-order chi connectivity index (χ0) is 12.1. The van der Waals surface area contributed by atoms with Crippen LogP contribution in [-0.2, 0) is 0 Å². The highest BCUT2D eigenvalue weighted by Gasteiger charge is 2.15. The first-order chi connectivity index (χ1) is 7.63. The summed E-state index contributed by atoms with van der Waals surface area (Å²) in [7, 11) is 2.90. The smallest absolute Gasteiger partial charge is 0.163 e. The van der Waals surface area contributed by atoms with Gasteiger partial charge in [0.1, 0.15) is 5.82 Å². The number of aliphatic hydroxyl groups is 1. The van der Waals surface area contributed by atoms with Crippen LogP contribution in [-0.4, -0.2) is 25.9 Å². The molecular weight excluding hydrogens is 213 g/mol. The number of hydrogen-bond donors (Lipinski definition) is 2. The topological polar surface area (TPSA) is 64.7 Å². The Morgan fingerprint density at radius 1 is 1.31 bits per heavy atom. The molecule has 0 spiro atoms. The van der Waals surface area contributed by atoms with Crippen LogP contribution >= 0.6 is 0 Å². The summed E-state index contributed by atoms with van der Waals surface area (Å²) in [5, 5.41) is 8.76. The van der Waals surface area contributed by atoms with Crippen molar-refractivity contribution in [1.29, 1.82) is 0 Å². The van der Waals surface area contributed by atoms with Crippen molar-refractivity contribution in [1.82, 2.24) is 0 Å². The quantitative estimate of drug-likeness (QED) is 0.797. The van der Waals surface area contributed by atoms with Crippen LogP contribution in [0.5, 0.6) is 11.5 Å². The second-order valence-corrected chi connectivity index (χ2v) is 3.35. The van der Waals surface area contributed by atoms with Crippen molar-refractivity contribution in [2.75, 3.05) is 20.8 Å². The molecule has 0 aliphatic carbocycles. The van der Waals surface area contributed by atoms with Crippen LogP contribution in [0.15, 0.2) is 12.1 Å². The first-order valence-electron chi connectivity index (χ1n) is 4.91. The fourth-order valence-electron chi connectivity index (χ4n) is 1.45. The predicted molar refractivity (Wildman–Crippen MR) is 58.1 cm³/mol. The minimum atomic E-state index is -0.551. The Labute approximate surface area is 93.8 Å². The fraction of sp³-hybridized carbons (Fsp3) is 0.455. The van der Waals surface area contributed by atoms with Crippen molar-refractivity contribution in [2.45, 2.75) is 12.5 Å². The van der Waals surface area contributed by atoms with Gasteiger partial charge >= 0.3 is 0 Å². The van der Waals surface area contributed by atoms with Crippen molar-refractivity contribution in [3.8, 4) is 11.5 Å². The molecule has 0 aliphatic heterocycles. The van der Waals surface area contributed by atoms with Crippen LogP contribution in [0.2, 0.25) is 0 Å². The van der Waals surface area contributed by atoms with E-state index in [-0.39, 0.29) is 6.61 Å². The second-order valence-electron chi connectivity index (χ2n) is 3.35. The Kier molecular flexibility index (Phi) is 4.52. The third-order valence-corrected chi connectivity index (χ3v) is 2.34. The molecule has 16 heavy (non-hydrogen) atoms. The predicted octanol–water partition coefficient (Wildman–Crippen LogP) is 1.23. The maximum absolute atomic E-state index is 13.6. The van der Waals surface area contributed by atoms with E-state index >= 15 is 0 Å². The molecule has 0 unspecified atom stereocenters. The third kappa shape index (κ3) is 2.62. The SMILES string of the molecule is COc1cc(F)c([C@@H](N)CCO)cc1OC. The summed E-state index contributed by atoms with van der Waals surface area (Å²) in [6, 6.07) is 2.17. The summed E-state index contributed by atoms with van der Waals surface area (Å²) in [4.78, 5) is 0. The van der Waals surface area contributed by atoms with Gasteiger partial charge in [-0.15, -0.1) is 0 Å². The van der Waals surface area contributed by atoms with Gasteiger partial charge < -0.3 is 20.3 Å². The molecule has 1 aromatic carbocycles. The molecule has 1 atom stereocenters. The standard InChI is InChI=1S/C11H16FNO3/c1-15-10-5-7(9(13)3-4-14)8(12)6-11(10)16-2/h5-6,9,14H,3-4,13H2,1-2H3/t9-/m0/s1. The van der Waals surface area contributed by atoms with Crippen LogP contribution in [0.25, 0.3) is 0 Å². The van der Waals surface area contributed by atoms with Crippen molar-refractivity contribution < 1.29 is 19.0 Å². The molecule has 0 aliphatic rings. The van der Waals surface area contributed by atoms with Gasteiger partial charge in [-0.25, -0.2) is 4.39 Å². The summed E-state index contributed by atoms with van der Waals surface area (Å²) < 4.78 is 23.6. The van der Waals surface area contributed by atoms with E-state index in [9.17, 15) is 4.39 Å². The number of methoxy groups -OCH3 is 2. The van der Waals surface area contributed by atoms with E-state index in [0.717, 1.165) is 0 Å². The first-order valence-corrected chi connectivity index (χ1v) is 4.91. The number of benzene rings is 1. The Hall–Kier alpha value is -1.33. The van der Waals surface area contributed by atoms with Crippen LogP contribution < -0.4 is 15.2 Å². The zero-order valence-corrected chi connectivity index (χ0v) is 9.37. The number of ether oxygens (including phenoxy) is 2. The van der Waals surface area contributed by atoms with Gasteiger partial charge in [0.25, 0.3) is 0 Å². The van der Waals surface area contributed by atoms with E-state index in [4.69, 9.17) is 20.3 Å². The third-order valence-electron chi connectivity index (χ3n) is 2.34. The summed E-state index contributed by atoms with van der Waals surface area (Å²) >= 11 is 0. The molecule has 0 saturated carbocycles. The normalized spacial score (nSPS) is 12.3. The molecule has 0 radical (unpaired) electrons. The zero-order valence-electron chi connectivity index (χ0n) is 9.37. The van der Waals surface area contributed by atoms with Crippen LogP contribution in [0.1, 0.15) is 18.0 Å². The molecular formula is C11H16FNO3. The Morgan fingerprint density at radius 3 is 2.38 bits per heavy atom. The first kappa shape index (κ1) is 12.7. The number of aliphatic hydroxyl groups excluding tert-OH is 1. The molecule has 1 aromatic rings. The van der Waals surface area contributed by atoms with Gasteiger partial charge in [0.2, 0.25) is 0 Å². The molecule has 4 nitrogen and oxygen atoms in total. The van der Waals surface area contributed by atoms with Crippen molar-refractivity contribution in [3.63, 3.8) is 0 Å². The van der Waals surface area contributed by atoms with E-state index in [0.29, 0.717) is 23.5 Å². The van der Waals surface area contributed by atoms with E-state index in [1.165, 1.54) is 26.4 Å². The molecule has 0 amide bonds. The van der Waals surface area contributed by atoms with Crippen molar-refractivity contribution >= 4 is 0 Å². The van der Waals surface area contributed by atoms with Gasteiger partial charge in [-0.05, 0) is 12.5 Å². The van der Waals surface area contributed by atoms with Crippen molar-refractivity contribution in [3.05, 3.63) is 23.5 Å². The van der Waals surface area contributed by atoms with E-state index in [2.05, 4.69) is 0 Å². The minimum Gasteiger partial charge on any atom is -0.493 e. The molecule has 0 bridgehead atoms. The molecule has 0 saturated heterocycles. The van der Waals surface area contributed by atoms with E-state index < -0.39 is 11.9 Å². The van der Waals surface area contributed by atoms with Gasteiger partial charge in [-0.2, -0.15) is 0 Å². The second kappa shape index (κ2) is 5.67. The number of hydrogen-bond acceptors (Lipinski definition) is 4. The molecule has 3 N–H and O–H groups in total. The molecule has 0 heterocycles. The lowest BCUT2D eigenvalue weighted by molar-refractivity contribution is 0.275. The number of nitrogens with two attached hydrogens (primary N) is 1. The molecule has 5 heteroatoms. The highest BCUT2D eigenvalue weighted by molar-refractivity contribution is 5.44. The lowest BCUT2D eigenvalue weighted by Gasteiger charge is -2.15. The molecule has 0 aromatic heterocycles. The van der Waals surface area contributed by atoms with Gasteiger partial charge in [0.05, 0.1) is 14.2 Å². The fourth-order valence-corrected chi connectivity index (χ4v) is 1.45. The number of rotatable bonds is 5.